The molecule has 3 unspecified atom stereocenters. The van der Waals surface area contributed by atoms with Crippen LogP contribution >= 0.6 is 0 Å². The topological polar surface area (TPSA) is 191 Å². The maximum Gasteiger partial charge on any atom is 0.270 e. The van der Waals surface area contributed by atoms with E-state index in [0.717, 1.165) is 35.5 Å². The second-order valence-electron chi connectivity index (χ2n) is 10.8. The molecule has 3 aromatic heterocycles. The van der Waals surface area contributed by atoms with Crippen molar-refractivity contribution in [3.63, 3.8) is 0 Å². The Labute approximate surface area is 256 Å². The first-order valence-corrected chi connectivity index (χ1v) is 14.4. The Kier molecular flexibility index (Phi) is 8.12. The van der Waals surface area contributed by atoms with Crippen LogP contribution < -0.4 is 16.4 Å². The number of alkyl halides is 1. The van der Waals surface area contributed by atoms with Crippen LogP contribution in [-0.4, -0.2) is 104 Å². The molecular weight excluding hydrogens is 583 g/mol. The van der Waals surface area contributed by atoms with E-state index in [-0.39, 0.29) is 37.1 Å². The van der Waals surface area contributed by atoms with Gasteiger partial charge in [0.1, 0.15) is 24.6 Å². The predicted octanol–water partition coefficient (Wildman–Crippen LogP) is 0.978. The minimum Gasteiger partial charge on any atom is -0.373 e. The van der Waals surface area contributed by atoms with E-state index in [1.165, 1.54) is 4.68 Å². The van der Waals surface area contributed by atoms with Gasteiger partial charge in [-0.1, -0.05) is 6.07 Å². The van der Waals surface area contributed by atoms with Crippen LogP contribution in [0.4, 0.5) is 10.2 Å². The van der Waals surface area contributed by atoms with Gasteiger partial charge in [0.2, 0.25) is 5.91 Å². The number of amides is 3. The second kappa shape index (κ2) is 12.3. The Morgan fingerprint density at radius 3 is 2.73 bits per heavy atom. The molecule has 2 fully saturated rings. The van der Waals surface area contributed by atoms with E-state index in [1.54, 1.807) is 49.9 Å². The summed E-state index contributed by atoms with van der Waals surface area (Å²) in [5.74, 6) is -1.45. The number of hydrogen-bond donors (Lipinski definition) is 3. The number of likely N-dealkylation sites (tertiary alicyclic amines) is 1. The summed E-state index contributed by atoms with van der Waals surface area (Å²) < 4.78 is 17.9. The molecule has 232 valence electrons. The molecule has 3 atom stereocenters. The first kappa shape index (κ1) is 29.7. The van der Waals surface area contributed by atoms with Gasteiger partial charge in [-0.3, -0.25) is 19.1 Å². The van der Waals surface area contributed by atoms with E-state index < -0.39 is 29.9 Å². The number of halogens is 1. The number of nitrogens with one attached hydrogen (secondary N) is 2. The summed E-state index contributed by atoms with van der Waals surface area (Å²) in [7, 11) is 1.73. The van der Waals surface area contributed by atoms with E-state index >= 15 is 0 Å². The highest BCUT2D eigenvalue weighted by Crippen LogP contribution is 2.28. The van der Waals surface area contributed by atoms with Gasteiger partial charge in [-0.2, -0.15) is 25.4 Å². The van der Waals surface area contributed by atoms with Crippen molar-refractivity contribution in [2.75, 3.05) is 32.0 Å². The first-order chi connectivity index (χ1) is 21.8. The summed E-state index contributed by atoms with van der Waals surface area (Å²) >= 11 is 0. The van der Waals surface area contributed by atoms with Crippen LogP contribution in [0.2, 0.25) is 0 Å². The van der Waals surface area contributed by atoms with E-state index in [2.05, 4.69) is 47.7 Å². The number of aliphatic imine (C=N–C) groups is 2. The van der Waals surface area contributed by atoms with Gasteiger partial charge in [0.25, 0.3) is 11.8 Å². The quantitative estimate of drug-likeness (QED) is 0.192. The van der Waals surface area contributed by atoms with Gasteiger partial charge in [0, 0.05) is 31.0 Å². The summed E-state index contributed by atoms with van der Waals surface area (Å²) in [6, 6.07) is 5.93. The molecule has 0 spiro atoms. The number of anilines is 1. The zero-order valence-electron chi connectivity index (χ0n) is 24.4. The molecule has 6 rings (SSSR count). The number of amidine groups is 1. The lowest BCUT2D eigenvalue weighted by Gasteiger charge is -2.22. The van der Waals surface area contributed by atoms with Gasteiger partial charge in [0.15, 0.2) is 11.5 Å². The number of rotatable bonds is 8. The molecule has 4 aromatic rings. The fraction of sp³-hybridized carbons (Fsp3) is 0.345. The van der Waals surface area contributed by atoms with Crippen LogP contribution in [0.5, 0.6) is 0 Å². The van der Waals surface area contributed by atoms with Crippen molar-refractivity contribution in [1.29, 1.82) is 0 Å². The first-order valence-electron chi connectivity index (χ1n) is 14.4. The molecule has 0 aliphatic carbocycles. The van der Waals surface area contributed by atoms with Crippen LogP contribution in [0, 0.1) is 0 Å². The van der Waals surface area contributed by atoms with E-state index in [1.807, 2.05) is 4.68 Å². The van der Waals surface area contributed by atoms with Gasteiger partial charge in [-0.15, -0.1) is 0 Å². The molecule has 1 aromatic carbocycles. The molecule has 0 radical (unpaired) electrons. The van der Waals surface area contributed by atoms with Crippen molar-refractivity contribution in [2.45, 2.75) is 37.6 Å². The fourth-order valence-electron chi connectivity index (χ4n) is 5.90. The summed E-state index contributed by atoms with van der Waals surface area (Å²) in [5, 5.41) is 23.2. The highest BCUT2D eigenvalue weighted by molar-refractivity contribution is 6.11. The predicted molar refractivity (Wildman–Crippen MR) is 164 cm³/mol. The zero-order valence-corrected chi connectivity index (χ0v) is 24.4. The Hall–Kier alpha value is -5.38. The van der Waals surface area contributed by atoms with Crippen LogP contribution in [0.1, 0.15) is 34.9 Å². The maximum atomic E-state index is 14.7. The smallest absolute Gasteiger partial charge is 0.270 e. The Balaban J connectivity index is 1.26. The number of carbonyl (C=O) groups excluding carboxylic acids is 3. The average Bonchev–Trinajstić information content (AvgIpc) is 3.85. The Bertz CT molecular complexity index is 1810. The number of nitrogens with zero attached hydrogens (tertiary/aromatic N) is 9. The van der Waals surface area contributed by atoms with Crippen LogP contribution in [0.3, 0.4) is 0 Å². The van der Waals surface area contributed by atoms with Gasteiger partial charge in [0.05, 0.1) is 42.3 Å². The van der Waals surface area contributed by atoms with Crippen LogP contribution in [0.25, 0.3) is 22.0 Å². The molecule has 16 heteroatoms. The van der Waals surface area contributed by atoms with E-state index in [0.29, 0.717) is 22.3 Å². The minimum absolute atomic E-state index is 0.0145. The molecule has 2 aliphatic heterocycles. The number of hydrogen-bond acceptors (Lipinski definition) is 9. The SMILES string of the molecule is C=NC(=NC(=O)C1CC(F)CN1C(=O)Cn1nc(C(N)=O)c2cc(-c3ccnnc3)ccc21)c1cnn(C2CCNC2)c1NC. The number of aromatic nitrogens is 6. The van der Waals surface area contributed by atoms with Crippen molar-refractivity contribution < 1.29 is 18.8 Å². The van der Waals surface area contributed by atoms with Crippen LogP contribution in [-0.2, 0) is 16.1 Å². The number of fused-ring (bicyclic) bond motifs is 1. The zero-order chi connectivity index (χ0) is 31.7. The molecule has 15 nitrogen and oxygen atoms in total. The maximum absolute atomic E-state index is 14.7. The third-order valence-corrected chi connectivity index (χ3v) is 8.06. The van der Waals surface area contributed by atoms with Crippen molar-refractivity contribution in [2.24, 2.45) is 15.7 Å². The number of primary amides is 1. The number of carbonyl (C=O) groups is 3. The highest BCUT2D eigenvalue weighted by atomic mass is 19.1. The second-order valence-corrected chi connectivity index (χ2v) is 10.8. The largest absolute Gasteiger partial charge is 0.373 e. The van der Waals surface area contributed by atoms with Gasteiger partial charge in [-0.05, 0) is 43.4 Å². The van der Waals surface area contributed by atoms with E-state index in [9.17, 15) is 18.8 Å². The minimum atomic E-state index is -1.43. The average molecular weight is 615 g/mol. The van der Waals surface area contributed by atoms with Crippen molar-refractivity contribution in [3.05, 3.63) is 54.1 Å². The summed E-state index contributed by atoms with van der Waals surface area (Å²) in [4.78, 5) is 48.6. The molecule has 0 bridgehead atoms. The monoisotopic (exact) mass is 614 g/mol. The van der Waals surface area contributed by atoms with Gasteiger partial charge >= 0.3 is 0 Å². The molecule has 45 heavy (non-hydrogen) atoms. The Morgan fingerprint density at radius 1 is 1.20 bits per heavy atom. The Morgan fingerprint density at radius 2 is 2.04 bits per heavy atom. The van der Waals surface area contributed by atoms with Gasteiger partial charge in [-0.25, -0.2) is 14.1 Å². The molecule has 5 heterocycles. The number of nitrogens with two attached hydrogens (primary N) is 1. The molecular formula is C29H31FN12O3. The normalized spacial score (nSPS) is 20.1. The van der Waals surface area contributed by atoms with Gasteiger partial charge < -0.3 is 21.3 Å². The lowest BCUT2D eigenvalue weighted by molar-refractivity contribution is -0.137. The molecule has 2 saturated heterocycles. The fourth-order valence-corrected chi connectivity index (χ4v) is 5.90. The lowest BCUT2D eigenvalue weighted by Crippen LogP contribution is -2.42. The van der Waals surface area contributed by atoms with Crippen molar-refractivity contribution in [3.8, 4) is 11.1 Å². The third-order valence-electron chi connectivity index (χ3n) is 8.06. The van der Waals surface area contributed by atoms with Crippen LogP contribution in [0.15, 0.2) is 52.8 Å². The highest BCUT2D eigenvalue weighted by Gasteiger charge is 2.40. The summed E-state index contributed by atoms with van der Waals surface area (Å²) in [6.45, 7) is 4.52. The standard InChI is InChI=1S/C29H31FN12O3/c1-32-27(21-13-37-42(28(21)33-2)19-6-7-34-12-19)38-29(45)23-10-18(30)14-40(23)24(43)15-41-22-4-3-16(17-5-8-35-36-11-17)9-20(22)25(39-41)26(31)44/h3-5,8-9,11,13,18-19,23,33-34H,1,6-7,10,12,14-15H2,2H3,(H2,31,44). The molecule has 2 aliphatic rings. The third kappa shape index (κ3) is 5.66. The molecule has 4 N–H and O–H groups in total. The molecule has 0 saturated carbocycles. The summed E-state index contributed by atoms with van der Waals surface area (Å²) in [6.07, 6.45) is 3.90. The van der Waals surface area contributed by atoms with Crippen molar-refractivity contribution in [1.82, 2.24) is 40.0 Å². The molecule has 3 amide bonds. The summed E-state index contributed by atoms with van der Waals surface area (Å²) in [5.41, 5.74) is 8.01. The lowest BCUT2D eigenvalue weighted by atomic mass is 10.0. The number of benzene rings is 1. The van der Waals surface area contributed by atoms with Crippen molar-refractivity contribution >= 4 is 47.0 Å². The van der Waals surface area contributed by atoms with E-state index in [4.69, 9.17) is 5.73 Å².